The van der Waals surface area contributed by atoms with E-state index in [-0.39, 0.29) is 12.4 Å². The second-order valence-electron chi connectivity index (χ2n) is 9.22. The summed E-state index contributed by atoms with van der Waals surface area (Å²) in [5.74, 6) is 3.21. The van der Waals surface area contributed by atoms with Crippen LogP contribution in [0, 0.1) is 11.8 Å². The Hall–Kier alpha value is -2.05. The van der Waals surface area contributed by atoms with E-state index in [9.17, 15) is 4.79 Å². The summed E-state index contributed by atoms with van der Waals surface area (Å²) in [4.78, 5) is 17.8. The molecule has 0 unspecified atom stereocenters. The van der Waals surface area contributed by atoms with Gasteiger partial charge in [0, 0.05) is 50.7 Å². The summed E-state index contributed by atoms with van der Waals surface area (Å²) in [6, 6.07) is 3.77. The van der Waals surface area contributed by atoms with Crippen LogP contribution in [0.25, 0.3) is 11.0 Å². The van der Waals surface area contributed by atoms with E-state index in [1.165, 1.54) is 38.8 Å². The van der Waals surface area contributed by atoms with Crippen LogP contribution >= 0.6 is 0 Å². The van der Waals surface area contributed by atoms with E-state index in [1.54, 1.807) is 6.07 Å². The molecule has 154 valence electrons. The number of rotatable bonds is 3. The fraction of sp³-hybridized carbons (Fsp3) is 0.609. The Morgan fingerprint density at radius 2 is 1.59 bits per heavy atom. The van der Waals surface area contributed by atoms with Crippen molar-refractivity contribution < 1.29 is 13.9 Å². The van der Waals surface area contributed by atoms with Crippen LogP contribution in [0.5, 0.6) is 11.5 Å². The van der Waals surface area contributed by atoms with Crippen LogP contribution in [0.3, 0.4) is 0 Å². The zero-order valence-corrected chi connectivity index (χ0v) is 16.8. The first-order valence-electron chi connectivity index (χ1n) is 11.1. The molecule has 0 spiro atoms. The number of hydrogen-bond acceptors (Lipinski definition) is 6. The van der Waals surface area contributed by atoms with Gasteiger partial charge in [-0.05, 0) is 55.6 Å². The number of benzene rings is 1. The molecule has 5 aliphatic rings. The first-order chi connectivity index (χ1) is 14.2. The highest BCUT2D eigenvalue weighted by Gasteiger charge is 2.30. The summed E-state index contributed by atoms with van der Waals surface area (Å²) in [7, 11) is 0. The summed E-state index contributed by atoms with van der Waals surface area (Å²) in [6.07, 6.45) is 6.56. The van der Waals surface area contributed by atoms with E-state index in [2.05, 4.69) is 9.80 Å². The number of ether oxygens (including phenoxy) is 2. The van der Waals surface area contributed by atoms with Crippen LogP contribution in [0.15, 0.2) is 21.3 Å². The van der Waals surface area contributed by atoms with Crippen LogP contribution in [-0.2, 0) is 13.0 Å². The molecule has 6 nitrogen and oxygen atoms in total. The zero-order valence-electron chi connectivity index (χ0n) is 16.8. The van der Waals surface area contributed by atoms with E-state index in [1.807, 2.05) is 6.07 Å². The van der Waals surface area contributed by atoms with Crippen molar-refractivity contribution in [3.8, 4) is 11.5 Å². The Balaban J connectivity index is 1.20. The van der Waals surface area contributed by atoms with Gasteiger partial charge in [0.25, 0.3) is 0 Å². The molecule has 1 saturated carbocycles. The monoisotopic (exact) mass is 396 g/mol. The summed E-state index contributed by atoms with van der Waals surface area (Å²) in [5.41, 5.74) is 2.34. The third-order valence-corrected chi connectivity index (χ3v) is 7.40. The van der Waals surface area contributed by atoms with Crippen molar-refractivity contribution in [2.45, 2.75) is 38.6 Å². The van der Waals surface area contributed by atoms with Crippen molar-refractivity contribution in [3.63, 3.8) is 0 Å². The van der Waals surface area contributed by atoms with Gasteiger partial charge in [0.1, 0.15) is 5.58 Å². The van der Waals surface area contributed by atoms with E-state index in [4.69, 9.17) is 13.9 Å². The molecule has 29 heavy (non-hydrogen) atoms. The average molecular weight is 396 g/mol. The maximum absolute atomic E-state index is 12.7. The highest BCUT2D eigenvalue weighted by Crippen LogP contribution is 2.38. The molecule has 0 radical (unpaired) electrons. The molecular formula is C23H28N2O4. The molecule has 2 saturated heterocycles. The van der Waals surface area contributed by atoms with Crippen molar-refractivity contribution in [2.75, 3.05) is 39.5 Å². The normalized spacial score (nSPS) is 26.6. The fourth-order valence-electron chi connectivity index (χ4n) is 5.77. The highest BCUT2D eigenvalue weighted by molar-refractivity contribution is 5.85. The van der Waals surface area contributed by atoms with E-state index in [0.29, 0.717) is 17.9 Å². The molecular weight excluding hydrogens is 368 g/mol. The summed E-state index contributed by atoms with van der Waals surface area (Å²) in [5, 5.41) is 0.993. The number of fused-ring (bicyclic) bond motifs is 8. The second kappa shape index (κ2) is 7.03. The van der Waals surface area contributed by atoms with E-state index < -0.39 is 0 Å². The molecule has 2 aromatic rings. The Bertz CT molecular complexity index is 979. The maximum Gasteiger partial charge on any atom is 0.341 e. The highest BCUT2D eigenvalue weighted by atomic mass is 16.7. The predicted molar refractivity (Wildman–Crippen MR) is 109 cm³/mol. The Labute approximate surface area is 170 Å². The predicted octanol–water partition coefficient (Wildman–Crippen LogP) is 3.00. The third-order valence-electron chi connectivity index (χ3n) is 7.40. The lowest BCUT2D eigenvalue weighted by Crippen LogP contribution is -2.40. The Morgan fingerprint density at radius 1 is 0.897 bits per heavy atom. The van der Waals surface area contributed by atoms with Crippen molar-refractivity contribution in [2.24, 2.45) is 11.8 Å². The van der Waals surface area contributed by atoms with Crippen LogP contribution in [-0.4, -0.2) is 49.3 Å². The SMILES string of the molecule is O=c1oc2cc3c(cc2c2c1CN(CCN1CC4CCC(CC4)C1)CC2)OCO3. The lowest BCUT2D eigenvalue weighted by molar-refractivity contribution is 0.174. The molecule has 7 rings (SSSR count). The van der Waals surface area contributed by atoms with Gasteiger partial charge in [-0.25, -0.2) is 4.79 Å². The smallest absolute Gasteiger partial charge is 0.341 e. The molecule has 1 aromatic heterocycles. The lowest BCUT2D eigenvalue weighted by atomic mass is 9.84. The van der Waals surface area contributed by atoms with Crippen molar-refractivity contribution in [1.82, 2.24) is 9.80 Å². The molecule has 3 fully saturated rings. The minimum absolute atomic E-state index is 0.205. The van der Waals surface area contributed by atoms with Gasteiger partial charge in [0.05, 0.1) is 5.56 Å². The van der Waals surface area contributed by atoms with E-state index >= 15 is 0 Å². The van der Waals surface area contributed by atoms with Gasteiger partial charge in [0.15, 0.2) is 11.5 Å². The van der Waals surface area contributed by atoms with Crippen LogP contribution in [0.4, 0.5) is 0 Å². The van der Waals surface area contributed by atoms with Crippen LogP contribution < -0.4 is 15.1 Å². The average Bonchev–Trinajstić information content (AvgIpc) is 2.99. The van der Waals surface area contributed by atoms with E-state index in [0.717, 1.165) is 60.2 Å². The van der Waals surface area contributed by atoms with Gasteiger partial charge in [-0.3, -0.25) is 4.90 Å². The number of hydrogen-bond donors (Lipinski definition) is 0. The molecule has 4 aliphatic heterocycles. The van der Waals surface area contributed by atoms with Gasteiger partial charge in [-0.15, -0.1) is 0 Å². The molecule has 0 atom stereocenters. The van der Waals surface area contributed by atoms with Gasteiger partial charge in [0.2, 0.25) is 6.79 Å². The van der Waals surface area contributed by atoms with Crippen molar-refractivity contribution in [3.05, 3.63) is 33.7 Å². The molecule has 0 N–H and O–H groups in total. The Morgan fingerprint density at radius 3 is 2.34 bits per heavy atom. The molecule has 6 heteroatoms. The molecule has 5 heterocycles. The standard InChI is InChI=1S/C23H28N2O4/c26-23-19-13-24(7-8-25-11-15-1-2-16(12-25)4-3-15)6-5-17(19)18-9-21-22(28-14-27-21)10-20(18)29-23/h9-10,15-16H,1-8,11-14H2. The fourth-order valence-corrected chi connectivity index (χ4v) is 5.77. The zero-order chi connectivity index (χ0) is 19.4. The molecule has 0 amide bonds. The van der Waals surface area contributed by atoms with Crippen molar-refractivity contribution in [1.29, 1.82) is 0 Å². The van der Waals surface area contributed by atoms with Gasteiger partial charge < -0.3 is 18.8 Å². The minimum Gasteiger partial charge on any atom is -0.454 e. The summed E-state index contributed by atoms with van der Waals surface area (Å²) < 4.78 is 16.6. The largest absolute Gasteiger partial charge is 0.454 e. The van der Waals surface area contributed by atoms with Gasteiger partial charge in [-0.1, -0.05) is 0 Å². The first kappa shape index (κ1) is 17.8. The van der Waals surface area contributed by atoms with Crippen LogP contribution in [0.1, 0.15) is 36.8 Å². The molecule has 2 bridgehead atoms. The minimum atomic E-state index is -0.205. The maximum atomic E-state index is 12.7. The topological polar surface area (TPSA) is 55.2 Å². The molecule has 1 aliphatic carbocycles. The summed E-state index contributed by atoms with van der Waals surface area (Å²) in [6.45, 7) is 6.56. The third kappa shape index (κ3) is 3.22. The Kier molecular flexibility index (Phi) is 4.31. The van der Waals surface area contributed by atoms with Crippen molar-refractivity contribution >= 4 is 11.0 Å². The number of nitrogens with zero attached hydrogens (tertiary/aromatic N) is 2. The van der Waals surface area contributed by atoms with Gasteiger partial charge in [-0.2, -0.15) is 0 Å². The first-order valence-corrected chi connectivity index (χ1v) is 11.1. The van der Waals surface area contributed by atoms with Gasteiger partial charge >= 0.3 is 5.63 Å². The lowest BCUT2D eigenvalue weighted by Gasteiger charge is -2.31. The molecule has 1 aromatic carbocycles. The quantitative estimate of drug-likeness (QED) is 0.744. The second-order valence-corrected chi connectivity index (χ2v) is 9.22. The summed E-state index contributed by atoms with van der Waals surface area (Å²) >= 11 is 0. The van der Waals surface area contributed by atoms with Crippen LogP contribution in [0.2, 0.25) is 0 Å².